The van der Waals surface area contributed by atoms with Crippen LogP contribution in [0, 0.1) is 19.8 Å². The molecule has 1 heterocycles. The molecule has 7 heteroatoms. The molecule has 0 bridgehead atoms. The van der Waals surface area contributed by atoms with E-state index in [9.17, 15) is 14.4 Å². The van der Waals surface area contributed by atoms with Crippen molar-refractivity contribution in [1.29, 1.82) is 0 Å². The maximum atomic E-state index is 12.4. The second-order valence-electron chi connectivity index (χ2n) is 7.79. The Labute approximate surface area is 182 Å². The van der Waals surface area contributed by atoms with Crippen LogP contribution in [-0.2, 0) is 14.4 Å². The van der Waals surface area contributed by atoms with E-state index < -0.39 is 0 Å². The van der Waals surface area contributed by atoms with Gasteiger partial charge in [-0.05, 0) is 55.7 Å². The molecule has 0 spiro atoms. The topological polar surface area (TPSA) is 87.7 Å². The van der Waals surface area contributed by atoms with E-state index in [1.165, 1.54) is 0 Å². The molecule has 0 aliphatic carbocycles. The van der Waals surface area contributed by atoms with Gasteiger partial charge in [0.15, 0.2) is 6.61 Å². The molecule has 2 aromatic carbocycles. The lowest BCUT2D eigenvalue weighted by molar-refractivity contribution is -0.126. The van der Waals surface area contributed by atoms with Gasteiger partial charge in [-0.3, -0.25) is 14.4 Å². The summed E-state index contributed by atoms with van der Waals surface area (Å²) in [5.41, 5.74) is 3.50. The number of hydrogen-bond donors (Lipinski definition) is 2. The van der Waals surface area contributed by atoms with Gasteiger partial charge >= 0.3 is 0 Å². The van der Waals surface area contributed by atoms with E-state index in [0.717, 1.165) is 23.2 Å². The Bertz CT molecular complexity index is 936. The number of benzene rings is 2. The van der Waals surface area contributed by atoms with Crippen molar-refractivity contribution in [1.82, 2.24) is 5.32 Å². The van der Waals surface area contributed by atoms with Gasteiger partial charge in [-0.2, -0.15) is 0 Å². The zero-order chi connectivity index (χ0) is 22.4. The summed E-state index contributed by atoms with van der Waals surface area (Å²) in [7, 11) is 0. The number of carbonyl (C=O) groups is 3. The molecule has 0 radical (unpaired) electrons. The summed E-state index contributed by atoms with van der Waals surface area (Å²) in [6.07, 6.45) is 1.08. The van der Waals surface area contributed by atoms with Gasteiger partial charge in [0.1, 0.15) is 5.75 Å². The summed E-state index contributed by atoms with van der Waals surface area (Å²) >= 11 is 0. The van der Waals surface area contributed by atoms with Crippen LogP contribution in [0.15, 0.2) is 42.5 Å². The van der Waals surface area contributed by atoms with Gasteiger partial charge in [0.25, 0.3) is 5.91 Å². The quantitative estimate of drug-likeness (QED) is 0.683. The first-order chi connectivity index (χ1) is 14.9. The number of nitrogens with one attached hydrogen (secondary N) is 2. The molecule has 3 amide bonds. The van der Waals surface area contributed by atoms with Gasteiger partial charge in [-0.25, -0.2) is 0 Å². The molecule has 1 aliphatic rings. The highest BCUT2D eigenvalue weighted by molar-refractivity contribution is 6.00. The van der Waals surface area contributed by atoms with E-state index >= 15 is 0 Å². The Morgan fingerprint density at radius 1 is 1.10 bits per heavy atom. The van der Waals surface area contributed by atoms with Crippen molar-refractivity contribution in [3.8, 4) is 5.75 Å². The molecule has 1 saturated heterocycles. The van der Waals surface area contributed by atoms with Crippen molar-refractivity contribution in [3.63, 3.8) is 0 Å². The normalized spacial score (nSPS) is 15.6. The molecule has 1 aliphatic heterocycles. The molecule has 0 unspecified atom stereocenters. The largest absolute Gasteiger partial charge is 0.484 e. The number of rotatable bonds is 8. The van der Waals surface area contributed by atoms with E-state index in [1.807, 2.05) is 39.0 Å². The fourth-order valence-corrected chi connectivity index (χ4v) is 3.58. The molecular weight excluding hydrogens is 394 g/mol. The highest BCUT2D eigenvalue weighted by Crippen LogP contribution is 2.27. The average molecular weight is 424 g/mol. The Balaban J connectivity index is 1.54. The third kappa shape index (κ3) is 5.63. The maximum Gasteiger partial charge on any atom is 0.262 e. The second-order valence-corrected chi connectivity index (χ2v) is 7.79. The first-order valence-corrected chi connectivity index (χ1v) is 10.6. The lowest BCUT2D eigenvalue weighted by Crippen LogP contribution is -2.33. The predicted octanol–water partition coefficient (Wildman–Crippen LogP) is 3.20. The summed E-state index contributed by atoms with van der Waals surface area (Å²) in [6.45, 7) is 6.75. The second kappa shape index (κ2) is 10.1. The first kappa shape index (κ1) is 22.3. The Kier molecular flexibility index (Phi) is 7.28. The third-order valence-corrected chi connectivity index (χ3v) is 5.31. The van der Waals surface area contributed by atoms with Gasteiger partial charge in [-0.15, -0.1) is 0 Å². The van der Waals surface area contributed by atoms with Gasteiger partial charge in [0.2, 0.25) is 11.8 Å². The maximum absolute atomic E-state index is 12.4. The first-order valence-electron chi connectivity index (χ1n) is 10.6. The van der Waals surface area contributed by atoms with Crippen LogP contribution in [0.2, 0.25) is 0 Å². The van der Waals surface area contributed by atoms with Crippen LogP contribution in [0.4, 0.5) is 11.4 Å². The minimum atomic E-state index is -0.330. The monoisotopic (exact) mass is 423 g/mol. The van der Waals surface area contributed by atoms with Crippen LogP contribution in [0.5, 0.6) is 5.75 Å². The Hall–Kier alpha value is -3.35. The SMILES string of the molecule is CCCNC(=O)[C@H]1CC(=O)N(c2ccc(OCC(=O)Nc3c(C)cccc3C)cc2)C1. The summed E-state index contributed by atoms with van der Waals surface area (Å²) in [4.78, 5) is 38.4. The number of nitrogens with zero attached hydrogens (tertiary/aromatic N) is 1. The molecule has 0 aromatic heterocycles. The van der Waals surface area contributed by atoms with Gasteiger partial charge in [-0.1, -0.05) is 25.1 Å². The van der Waals surface area contributed by atoms with E-state index in [2.05, 4.69) is 10.6 Å². The number of anilines is 2. The smallest absolute Gasteiger partial charge is 0.262 e. The number of ether oxygens (including phenoxy) is 1. The number of para-hydroxylation sites is 1. The molecule has 1 fully saturated rings. The molecule has 7 nitrogen and oxygen atoms in total. The summed E-state index contributed by atoms with van der Waals surface area (Å²) in [5, 5.41) is 5.74. The van der Waals surface area contributed by atoms with Crippen LogP contribution >= 0.6 is 0 Å². The minimum absolute atomic E-state index is 0.0710. The summed E-state index contributed by atoms with van der Waals surface area (Å²) in [6, 6.07) is 12.8. The molecule has 3 rings (SSSR count). The fraction of sp³-hybridized carbons (Fsp3) is 0.375. The van der Waals surface area contributed by atoms with Gasteiger partial charge in [0, 0.05) is 30.9 Å². The molecule has 2 N–H and O–H groups in total. The van der Waals surface area contributed by atoms with Crippen LogP contribution in [0.25, 0.3) is 0 Å². The minimum Gasteiger partial charge on any atom is -0.484 e. The van der Waals surface area contributed by atoms with Crippen LogP contribution < -0.4 is 20.3 Å². The molecule has 31 heavy (non-hydrogen) atoms. The number of carbonyl (C=O) groups excluding carboxylic acids is 3. The van der Waals surface area contributed by atoms with Crippen molar-refractivity contribution >= 4 is 29.1 Å². The predicted molar refractivity (Wildman–Crippen MR) is 120 cm³/mol. The molecule has 0 saturated carbocycles. The molecule has 2 aromatic rings. The number of aryl methyl sites for hydroxylation is 2. The molecule has 164 valence electrons. The lowest BCUT2D eigenvalue weighted by Gasteiger charge is -2.17. The van der Waals surface area contributed by atoms with E-state index in [4.69, 9.17) is 4.74 Å². The summed E-state index contributed by atoms with van der Waals surface area (Å²) in [5.74, 6) is -0.184. The average Bonchev–Trinajstić information content (AvgIpc) is 3.15. The van der Waals surface area contributed by atoms with Crippen LogP contribution in [0.3, 0.4) is 0 Å². The molecular formula is C24H29N3O4. The van der Waals surface area contributed by atoms with Crippen molar-refractivity contribution in [3.05, 3.63) is 53.6 Å². The highest BCUT2D eigenvalue weighted by Gasteiger charge is 2.34. The van der Waals surface area contributed by atoms with Crippen LogP contribution in [0.1, 0.15) is 30.9 Å². The van der Waals surface area contributed by atoms with E-state index in [0.29, 0.717) is 24.5 Å². The lowest BCUT2D eigenvalue weighted by atomic mass is 10.1. The Morgan fingerprint density at radius 2 is 1.77 bits per heavy atom. The number of amides is 3. The standard InChI is InChI=1S/C24H29N3O4/c1-4-12-25-24(30)18-13-22(29)27(14-18)19-8-10-20(11-9-19)31-15-21(28)26-23-16(2)6-5-7-17(23)3/h5-11,18H,4,12-15H2,1-3H3,(H,25,30)(H,26,28)/t18-/m0/s1. The summed E-state index contributed by atoms with van der Waals surface area (Å²) < 4.78 is 5.59. The van der Waals surface area contributed by atoms with Crippen molar-refractivity contribution in [2.75, 3.05) is 29.9 Å². The van der Waals surface area contributed by atoms with E-state index in [1.54, 1.807) is 29.2 Å². The highest BCUT2D eigenvalue weighted by atomic mass is 16.5. The zero-order valence-corrected chi connectivity index (χ0v) is 18.2. The van der Waals surface area contributed by atoms with E-state index in [-0.39, 0.29) is 36.7 Å². The zero-order valence-electron chi connectivity index (χ0n) is 18.2. The molecule has 1 atom stereocenters. The van der Waals surface area contributed by atoms with Gasteiger partial charge < -0.3 is 20.3 Å². The van der Waals surface area contributed by atoms with Crippen molar-refractivity contribution in [2.24, 2.45) is 5.92 Å². The van der Waals surface area contributed by atoms with Crippen LogP contribution in [-0.4, -0.2) is 37.4 Å². The van der Waals surface area contributed by atoms with Crippen molar-refractivity contribution < 1.29 is 19.1 Å². The van der Waals surface area contributed by atoms with Gasteiger partial charge in [0.05, 0.1) is 5.92 Å². The Morgan fingerprint density at radius 3 is 2.42 bits per heavy atom. The fourth-order valence-electron chi connectivity index (χ4n) is 3.58. The number of hydrogen-bond acceptors (Lipinski definition) is 4. The third-order valence-electron chi connectivity index (χ3n) is 5.31. The van der Waals surface area contributed by atoms with Crippen molar-refractivity contribution in [2.45, 2.75) is 33.6 Å².